The van der Waals surface area contributed by atoms with Crippen molar-refractivity contribution in [2.24, 2.45) is 0 Å². The molecule has 0 bridgehead atoms. The molecule has 2 atom stereocenters. The molecule has 6 nitrogen and oxygen atoms in total. The summed E-state index contributed by atoms with van der Waals surface area (Å²) in [6.45, 7) is 5.63. The molecule has 0 aromatic rings. The lowest BCUT2D eigenvalue weighted by molar-refractivity contribution is -0.138. The van der Waals surface area contributed by atoms with Gasteiger partial charge in [0.2, 0.25) is 0 Å². The van der Waals surface area contributed by atoms with E-state index in [1.54, 1.807) is 13.8 Å². The lowest BCUT2D eigenvalue weighted by atomic mass is 9.99. The molecular weight excluding hydrogens is 258 g/mol. The van der Waals surface area contributed by atoms with Crippen molar-refractivity contribution >= 4 is 12.0 Å². The van der Waals surface area contributed by atoms with Crippen molar-refractivity contribution in [1.82, 2.24) is 15.5 Å². The van der Waals surface area contributed by atoms with Crippen LogP contribution in [0.25, 0.3) is 0 Å². The molecule has 2 saturated heterocycles. The third-order valence-corrected chi connectivity index (χ3v) is 4.22. The van der Waals surface area contributed by atoms with Gasteiger partial charge in [-0.05, 0) is 39.7 Å². The van der Waals surface area contributed by atoms with Crippen LogP contribution in [0.15, 0.2) is 0 Å². The number of carbonyl (C=O) groups is 2. The van der Waals surface area contributed by atoms with E-state index in [-0.39, 0.29) is 18.5 Å². The van der Waals surface area contributed by atoms with Crippen molar-refractivity contribution in [1.29, 1.82) is 0 Å². The van der Waals surface area contributed by atoms with Gasteiger partial charge < -0.3 is 15.7 Å². The fraction of sp³-hybridized carbons (Fsp3) is 0.857. The molecule has 2 amide bonds. The van der Waals surface area contributed by atoms with Crippen LogP contribution in [0.3, 0.4) is 0 Å². The van der Waals surface area contributed by atoms with Gasteiger partial charge in [-0.3, -0.25) is 9.69 Å². The summed E-state index contributed by atoms with van der Waals surface area (Å²) in [6, 6.07) is 0.390. The molecule has 2 aliphatic heterocycles. The lowest BCUT2D eigenvalue weighted by Gasteiger charge is -2.33. The van der Waals surface area contributed by atoms with Crippen LogP contribution in [0.2, 0.25) is 0 Å². The van der Waals surface area contributed by atoms with E-state index < -0.39 is 11.5 Å². The second kappa shape index (κ2) is 5.99. The van der Waals surface area contributed by atoms with E-state index in [1.165, 1.54) is 12.8 Å². The first kappa shape index (κ1) is 15.1. The average Bonchev–Trinajstić information content (AvgIpc) is 2.70. The van der Waals surface area contributed by atoms with Crippen LogP contribution in [-0.4, -0.2) is 52.7 Å². The molecule has 2 heterocycles. The molecule has 0 radical (unpaired) electrons. The van der Waals surface area contributed by atoms with E-state index in [9.17, 15) is 9.59 Å². The molecule has 0 spiro atoms. The molecule has 6 heteroatoms. The highest BCUT2D eigenvalue weighted by molar-refractivity contribution is 5.77. The topological polar surface area (TPSA) is 81.7 Å². The van der Waals surface area contributed by atoms with E-state index in [4.69, 9.17) is 5.11 Å². The molecule has 0 aromatic heterocycles. The van der Waals surface area contributed by atoms with E-state index in [0.717, 1.165) is 25.9 Å². The Labute approximate surface area is 119 Å². The highest BCUT2D eigenvalue weighted by Gasteiger charge is 2.36. The number of hydrogen-bond donors (Lipinski definition) is 3. The van der Waals surface area contributed by atoms with Gasteiger partial charge >= 0.3 is 12.0 Å². The third-order valence-electron chi connectivity index (χ3n) is 4.22. The molecule has 0 aliphatic carbocycles. The molecular formula is C14H25N3O3. The molecule has 2 fully saturated rings. The first-order valence-corrected chi connectivity index (χ1v) is 7.42. The number of carboxylic acids is 1. The Morgan fingerprint density at radius 2 is 2.00 bits per heavy atom. The number of hydrogen-bond acceptors (Lipinski definition) is 3. The fourth-order valence-electron chi connectivity index (χ4n) is 3.35. The molecule has 114 valence electrons. The predicted molar refractivity (Wildman–Crippen MR) is 75.6 cm³/mol. The van der Waals surface area contributed by atoms with Gasteiger partial charge in [0.05, 0.1) is 6.42 Å². The number of amides is 2. The largest absolute Gasteiger partial charge is 0.481 e. The van der Waals surface area contributed by atoms with Crippen LogP contribution in [0.4, 0.5) is 4.79 Å². The Morgan fingerprint density at radius 1 is 1.25 bits per heavy atom. The Kier molecular flexibility index (Phi) is 4.52. The monoisotopic (exact) mass is 283 g/mol. The predicted octanol–water partition coefficient (Wildman–Crippen LogP) is 1.17. The van der Waals surface area contributed by atoms with Crippen molar-refractivity contribution < 1.29 is 14.7 Å². The molecule has 2 rings (SSSR count). The quantitative estimate of drug-likeness (QED) is 0.723. The molecule has 20 heavy (non-hydrogen) atoms. The summed E-state index contributed by atoms with van der Waals surface area (Å²) in [7, 11) is 0. The van der Waals surface area contributed by atoms with Crippen molar-refractivity contribution in [3.63, 3.8) is 0 Å². The number of piperidine rings is 1. The van der Waals surface area contributed by atoms with Gasteiger partial charge in [-0.15, -0.1) is 0 Å². The van der Waals surface area contributed by atoms with Crippen LogP contribution in [0.5, 0.6) is 0 Å². The molecule has 0 saturated carbocycles. The summed E-state index contributed by atoms with van der Waals surface area (Å²) in [5, 5.41) is 14.6. The standard InChI is InChI=1S/C14H25N3O3/c1-14(2,9-12(18)19)16-13(20)15-10-6-8-17-7-4-3-5-11(10)17/h10-11H,3-9H2,1-2H3,(H,18,19)(H2,15,16,20). The van der Waals surface area contributed by atoms with Crippen LogP contribution < -0.4 is 10.6 Å². The number of urea groups is 1. The van der Waals surface area contributed by atoms with Crippen molar-refractivity contribution in [3.8, 4) is 0 Å². The van der Waals surface area contributed by atoms with E-state index >= 15 is 0 Å². The van der Waals surface area contributed by atoms with Gasteiger partial charge in [-0.2, -0.15) is 0 Å². The highest BCUT2D eigenvalue weighted by Crippen LogP contribution is 2.27. The maximum absolute atomic E-state index is 12.0. The van der Waals surface area contributed by atoms with Gasteiger partial charge in [0.25, 0.3) is 0 Å². The van der Waals surface area contributed by atoms with Gasteiger partial charge in [0.1, 0.15) is 0 Å². The number of fused-ring (bicyclic) bond motifs is 1. The van der Waals surface area contributed by atoms with Crippen molar-refractivity contribution in [2.45, 2.75) is 63.6 Å². The zero-order chi connectivity index (χ0) is 14.8. The minimum Gasteiger partial charge on any atom is -0.481 e. The Hall–Kier alpha value is -1.30. The molecule has 0 aromatic carbocycles. The minimum atomic E-state index is -0.908. The lowest BCUT2D eigenvalue weighted by Crippen LogP contribution is -2.54. The van der Waals surface area contributed by atoms with Crippen LogP contribution in [0.1, 0.15) is 46.0 Å². The SMILES string of the molecule is CC(C)(CC(=O)O)NC(=O)NC1CCN2CCCCC12. The summed E-state index contributed by atoms with van der Waals surface area (Å²) in [5.41, 5.74) is -0.735. The number of carbonyl (C=O) groups excluding carboxylic acids is 1. The average molecular weight is 283 g/mol. The summed E-state index contributed by atoms with van der Waals surface area (Å²) < 4.78 is 0. The van der Waals surface area contributed by atoms with E-state index in [1.807, 2.05) is 0 Å². The number of nitrogens with one attached hydrogen (secondary N) is 2. The van der Waals surface area contributed by atoms with Crippen molar-refractivity contribution in [3.05, 3.63) is 0 Å². The Bertz CT molecular complexity index is 384. The second-order valence-electron chi connectivity index (χ2n) is 6.55. The Morgan fingerprint density at radius 3 is 2.70 bits per heavy atom. The van der Waals surface area contributed by atoms with E-state index in [2.05, 4.69) is 15.5 Å². The third kappa shape index (κ3) is 3.85. The summed E-state index contributed by atoms with van der Waals surface area (Å²) >= 11 is 0. The second-order valence-corrected chi connectivity index (χ2v) is 6.55. The fourth-order valence-corrected chi connectivity index (χ4v) is 3.35. The van der Waals surface area contributed by atoms with Gasteiger partial charge in [0, 0.05) is 24.2 Å². The zero-order valence-corrected chi connectivity index (χ0v) is 12.3. The van der Waals surface area contributed by atoms with Gasteiger partial charge in [-0.25, -0.2) is 4.79 Å². The van der Waals surface area contributed by atoms with Crippen molar-refractivity contribution in [2.75, 3.05) is 13.1 Å². The number of carboxylic acid groups (broad SMARTS) is 1. The summed E-state index contributed by atoms with van der Waals surface area (Å²) in [4.78, 5) is 25.2. The molecule has 2 aliphatic rings. The first-order chi connectivity index (χ1) is 9.37. The smallest absolute Gasteiger partial charge is 0.315 e. The Balaban J connectivity index is 1.84. The number of nitrogens with zero attached hydrogens (tertiary/aromatic N) is 1. The number of aliphatic carboxylic acids is 1. The first-order valence-electron chi connectivity index (χ1n) is 7.42. The summed E-state index contributed by atoms with van der Waals surface area (Å²) in [5.74, 6) is -0.908. The molecule has 3 N–H and O–H groups in total. The maximum atomic E-state index is 12.0. The van der Waals surface area contributed by atoms with Gasteiger partial charge in [0.15, 0.2) is 0 Å². The maximum Gasteiger partial charge on any atom is 0.315 e. The summed E-state index contributed by atoms with van der Waals surface area (Å²) in [6.07, 6.45) is 4.52. The normalized spacial score (nSPS) is 26.9. The minimum absolute atomic E-state index is 0.0827. The van der Waals surface area contributed by atoms with Crippen LogP contribution in [-0.2, 0) is 4.79 Å². The highest BCUT2D eigenvalue weighted by atomic mass is 16.4. The van der Waals surface area contributed by atoms with Gasteiger partial charge in [-0.1, -0.05) is 6.42 Å². The van der Waals surface area contributed by atoms with Crippen LogP contribution >= 0.6 is 0 Å². The van der Waals surface area contributed by atoms with E-state index in [0.29, 0.717) is 6.04 Å². The zero-order valence-electron chi connectivity index (χ0n) is 12.3. The van der Waals surface area contributed by atoms with Crippen LogP contribution in [0, 0.1) is 0 Å². The molecule has 2 unspecified atom stereocenters. The number of rotatable bonds is 4.